The summed E-state index contributed by atoms with van der Waals surface area (Å²) in [7, 11) is 1.37. The van der Waals surface area contributed by atoms with Gasteiger partial charge in [-0.2, -0.15) is 0 Å². The molecular weight excluding hydrogens is 292 g/mol. The first kappa shape index (κ1) is 15.8. The number of amides is 1. The first-order valence-electron chi connectivity index (χ1n) is 8.35. The predicted octanol–water partition coefficient (Wildman–Crippen LogP) is 2.59. The van der Waals surface area contributed by atoms with Crippen molar-refractivity contribution in [2.24, 2.45) is 5.92 Å². The molecular formula is C18H24N2O3. The normalized spacial score (nSPS) is 24.9. The van der Waals surface area contributed by atoms with Crippen molar-refractivity contribution in [1.82, 2.24) is 0 Å². The van der Waals surface area contributed by atoms with Crippen LogP contribution in [0, 0.1) is 5.92 Å². The van der Waals surface area contributed by atoms with E-state index >= 15 is 0 Å². The summed E-state index contributed by atoms with van der Waals surface area (Å²) in [5.41, 5.74) is 2.06. The molecule has 0 bridgehead atoms. The quantitative estimate of drug-likeness (QED) is 0.804. The van der Waals surface area contributed by atoms with Crippen molar-refractivity contribution < 1.29 is 14.3 Å². The zero-order valence-corrected chi connectivity index (χ0v) is 13.8. The Labute approximate surface area is 137 Å². The van der Waals surface area contributed by atoms with Gasteiger partial charge in [0.05, 0.1) is 13.0 Å². The highest BCUT2D eigenvalue weighted by Gasteiger charge is 2.35. The molecule has 2 heterocycles. The van der Waals surface area contributed by atoms with E-state index in [1.165, 1.54) is 32.1 Å². The van der Waals surface area contributed by atoms with Gasteiger partial charge in [-0.05, 0) is 50.5 Å². The van der Waals surface area contributed by atoms with E-state index < -0.39 is 0 Å². The highest BCUT2D eigenvalue weighted by molar-refractivity contribution is 5.99. The van der Waals surface area contributed by atoms with Crippen molar-refractivity contribution in [1.29, 1.82) is 0 Å². The van der Waals surface area contributed by atoms with Crippen LogP contribution in [0.4, 0.5) is 11.4 Å². The summed E-state index contributed by atoms with van der Waals surface area (Å²) < 4.78 is 4.75. The summed E-state index contributed by atoms with van der Waals surface area (Å²) in [5.74, 6) is -0.673. The fourth-order valence-corrected chi connectivity index (χ4v) is 3.59. The lowest BCUT2D eigenvalue weighted by Crippen LogP contribution is -2.37. The molecule has 0 radical (unpaired) electrons. The number of hydrogen-bond acceptors (Lipinski definition) is 4. The standard InChI is InChI=1S/C18H24N2O3/c1-13-5-3-4-10-19(13)15-6-8-16(9-7-15)20-12-14(11-17(20)21)18(22)23-2/h6-9,13-14H,3-5,10-12H2,1-2H3/t13-,14-/m0/s1. The second-order valence-electron chi connectivity index (χ2n) is 6.48. The van der Waals surface area contributed by atoms with Crippen molar-refractivity contribution in [3.8, 4) is 0 Å². The monoisotopic (exact) mass is 316 g/mol. The van der Waals surface area contributed by atoms with Crippen LogP contribution in [-0.2, 0) is 14.3 Å². The Morgan fingerprint density at radius 1 is 1.17 bits per heavy atom. The molecule has 0 N–H and O–H groups in total. The minimum Gasteiger partial charge on any atom is -0.469 e. The summed E-state index contributed by atoms with van der Waals surface area (Å²) in [6.07, 6.45) is 4.00. The van der Waals surface area contributed by atoms with Gasteiger partial charge in [0.1, 0.15) is 0 Å². The number of nitrogens with zero attached hydrogens (tertiary/aromatic N) is 2. The lowest BCUT2D eigenvalue weighted by atomic mass is 10.0. The van der Waals surface area contributed by atoms with Gasteiger partial charge in [0.15, 0.2) is 0 Å². The Bertz CT molecular complexity index is 584. The number of piperidine rings is 1. The molecule has 1 amide bonds. The second-order valence-corrected chi connectivity index (χ2v) is 6.48. The van der Waals surface area contributed by atoms with Crippen LogP contribution in [0.2, 0.25) is 0 Å². The van der Waals surface area contributed by atoms with Gasteiger partial charge in [0.2, 0.25) is 5.91 Å². The van der Waals surface area contributed by atoms with E-state index in [1.807, 2.05) is 12.1 Å². The van der Waals surface area contributed by atoms with Crippen LogP contribution in [-0.4, -0.2) is 38.1 Å². The van der Waals surface area contributed by atoms with Crippen molar-refractivity contribution in [2.75, 3.05) is 30.0 Å². The first-order valence-corrected chi connectivity index (χ1v) is 8.35. The van der Waals surface area contributed by atoms with Gasteiger partial charge in [0.25, 0.3) is 0 Å². The van der Waals surface area contributed by atoms with Crippen LogP contribution in [0.1, 0.15) is 32.6 Å². The number of rotatable bonds is 3. The Morgan fingerprint density at radius 2 is 1.87 bits per heavy atom. The first-order chi connectivity index (χ1) is 11.1. The molecule has 0 unspecified atom stereocenters. The topological polar surface area (TPSA) is 49.9 Å². The minimum absolute atomic E-state index is 0.0144. The van der Waals surface area contributed by atoms with Crippen LogP contribution in [0.25, 0.3) is 0 Å². The zero-order valence-electron chi connectivity index (χ0n) is 13.8. The van der Waals surface area contributed by atoms with E-state index in [2.05, 4.69) is 24.0 Å². The summed E-state index contributed by atoms with van der Waals surface area (Å²) >= 11 is 0. The molecule has 0 spiro atoms. The van der Waals surface area contributed by atoms with Gasteiger partial charge in [-0.25, -0.2) is 0 Å². The molecule has 2 atom stereocenters. The van der Waals surface area contributed by atoms with Crippen LogP contribution >= 0.6 is 0 Å². The Balaban J connectivity index is 1.72. The van der Waals surface area contributed by atoms with Crippen LogP contribution in [0.15, 0.2) is 24.3 Å². The van der Waals surface area contributed by atoms with Gasteiger partial charge >= 0.3 is 5.97 Å². The molecule has 2 aliphatic rings. The molecule has 5 nitrogen and oxygen atoms in total. The maximum absolute atomic E-state index is 12.2. The average molecular weight is 316 g/mol. The minimum atomic E-state index is -0.353. The molecule has 1 aromatic rings. The smallest absolute Gasteiger partial charge is 0.311 e. The highest BCUT2D eigenvalue weighted by Crippen LogP contribution is 2.30. The van der Waals surface area contributed by atoms with Crippen LogP contribution < -0.4 is 9.80 Å². The Hall–Kier alpha value is -2.04. The molecule has 0 saturated carbocycles. The maximum atomic E-state index is 12.2. The third kappa shape index (κ3) is 3.19. The third-order valence-electron chi connectivity index (χ3n) is 4.96. The molecule has 2 saturated heterocycles. The van der Waals surface area contributed by atoms with E-state index in [0.29, 0.717) is 12.6 Å². The van der Waals surface area contributed by atoms with E-state index in [0.717, 1.165) is 12.2 Å². The van der Waals surface area contributed by atoms with E-state index in [9.17, 15) is 9.59 Å². The van der Waals surface area contributed by atoms with E-state index in [-0.39, 0.29) is 24.2 Å². The lowest BCUT2D eigenvalue weighted by Gasteiger charge is -2.35. The Kier molecular flexibility index (Phi) is 4.55. The third-order valence-corrected chi connectivity index (χ3v) is 4.96. The number of hydrogen-bond donors (Lipinski definition) is 0. The van der Waals surface area contributed by atoms with Gasteiger partial charge < -0.3 is 14.5 Å². The number of carbonyl (C=O) groups excluding carboxylic acids is 2. The van der Waals surface area contributed by atoms with Crippen molar-refractivity contribution in [3.05, 3.63) is 24.3 Å². The number of benzene rings is 1. The average Bonchev–Trinajstić information content (AvgIpc) is 2.97. The number of carbonyl (C=O) groups is 2. The van der Waals surface area contributed by atoms with E-state index in [1.54, 1.807) is 4.90 Å². The molecule has 23 heavy (non-hydrogen) atoms. The summed E-state index contributed by atoms with van der Waals surface area (Å²) in [6.45, 7) is 3.76. The maximum Gasteiger partial charge on any atom is 0.311 e. The SMILES string of the molecule is COC(=O)[C@H]1CC(=O)N(c2ccc(N3CCCC[C@@H]3C)cc2)C1. The molecule has 1 aromatic carbocycles. The van der Waals surface area contributed by atoms with Crippen LogP contribution in [0.5, 0.6) is 0 Å². The number of esters is 1. The summed E-state index contributed by atoms with van der Waals surface area (Å²) in [5, 5.41) is 0. The molecule has 3 rings (SSSR count). The summed E-state index contributed by atoms with van der Waals surface area (Å²) in [4.78, 5) is 27.9. The van der Waals surface area contributed by atoms with Crippen molar-refractivity contribution >= 4 is 23.3 Å². The number of ether oxygens (including phenoxy) is 1. The van der Waals surface area contributed by atoms with Gasteiger partial charge in [-0.1, -0.05) is 0 Å². The molecule has 2 aliphatic heterocycles. The second kappa shape index (κ2) is 6.60. The largest absolute Gasteiger partial charge is 0.469 e. The van der Waals surface area contributed by atoms with Gasteiger partial charge in [-0.15, -0.1) is 0 Å². The molecule has 124 valence electrons. The fraction of sp³-hybridized carbons (Fsp3) is 0.556. The fourth-order valence-electron chi connectivity index (χ4n) is 3.59. The van der Waals surface area contributed by atoms with Crippen molar-refractivity contribution in [2.45, 2.75) is 38.6 Å². The zero-order chi connectivity index (χ0) is 16.4. The van der Waals surface area contributed by atoms with E-state index in [4.69, 9.17) is 4.74 Å². The van der Waals surface area contributed by atoms with Gasteiger partial charge in [0, 0.05) is 36.9 Å². The molecule has 5 heteroatoms. The Morgan fingerprint density at radius 3 is 2.52 bits per heavy atom. The molecule has 2 fully saturated rings. The van der Waals surface area contributed by atoms with Crippen molar-refractivity contribution in [3.63, 3.8) is 0 Å². The summed E-state index contributed by atoms with van der Waals surface area (Å²) in [6, 6.07) is 8.68. The molecule has 0 aromatic heterocycles. The predicted molar refractivity (Wildman–Crippen MR) is 89.6 cm³/mol. The van der Waals surface area contributed by atoms with Gasteiger partial charge in [-0.3, -0.25) is 9.59 Å². The highest BCUT2D eigenvalue weighted by atomic mass is 16.5. The number of anilines is 2. The van der Waals surface area contributed by atoms with Crippen LogP contribution in [0.3, 0.4) is 0 Å². The number of methoxy groups -OCH3 is 1. The molecule has 0 aliphatic carbocycles. The lowest BCUT2D eigenvalue weighted by molar-refractivity contribution is -0.145.